The first-order valence-corrected chi connectivity index (χ1v) is 9.37. The van der Waals surface area contributed by atoms with Gasteiger partial charge in [0.05, 0.1) is 19.3 Å². The summed E-state index contributed by atoms with van der Waals surface area (Å²) in [5.41, 5.74) is -0.0409. The van der Waals surface area contributed by atoms with Crippen LogP contribution in [0, 0.1) is 5.41 Å². The maximum atomic E-state index is 12.1. The molecule has 6 heteroatoms. The van der Waals surface area contributed by atoms with Crippen molar-refractivity contribution in [3.8, 4) is 0 Å². The molecule has 0 aromatic carbocycles. The monoisotopic (exact) mass is 337 g/mol. The van der Waals surface area contributed by atoms with Crippen molar-refractivity contribution >= 4 is 6.09 Å². The Bertz CT molecular complexity index is 478. The van der Waals surface area contributed by atoms with E-state index in [1.165, 1.54) is 25.9 Å². The Hall–Kier alpha value is -0.850. The molecule has 4 heterocycles. The third-order valence-electron chi connectivity index (χ3n) is 5.93. The highest BCUT2D eigenvalue weighted by Crippen LogP contribution is 2.42. The van der Waals surface area contributed by atoms with Crippen molar-refractivity contribution in [2.24, 2.45) is 5.41 Å². The Morgan fingerprint density at radius 2 is 1.62 bits per heavy atom. The molecular weight excluding hydrogens is 306 g/mol. The fraction of sp³-hybridized carbons (Fsp3) is 0.944. The minimum Gasteiger partial charge on any atom is -0.444 e. The summed E-state index contributed by atoms with van der Waals surface area (Å²) < 4.78 is 10.8. The lowest BCUT2D eigenvalue weighted by molar-refractivity contribution is -0.137. The molecule has 0 N–H and O–H groups in total. The molecule has 4 saturated heterocycles. The zero-order valence-electron chi connectivity index (χ0n) is 15.3. The molecule has 0 unspecified atom stereocenters. The van der Waals surface area contributed by atoms with Gasteiger partial charge in [-0.05, 0) is 33.6 Å². The predicted molar refractivity (Wildman–Crippen MR) is 91.0 cm³/mol. The van der Waals surface area contributed by atoms with Crippen LogP contribution in [0.5, 0.6) is 0 Å². The minimum atomic E-state index is -0.398. The molecule has 4 aliphatic rings. The van der Waals surface area contributed by atoms with E-state index in [4.69, 9.17) is 9.47 Å². The quantitative estimate of drug-likeness (QED) is 0.762. The highest BCUT2D eigenvalue weighted by Gasteiger charge is 2.55. The number of nitrogens with zero attached hydrogens (tertiary/aromatic N) is 3. The molecule has 0 saturated carbocycles. The summed E-state index contributed by atoms with van der Waals surface area (Å²) in [5.74, 6) is 0. The third kappa shape index (κ3) is 3.16. The third-order valence-corrected chi connectivity index (χ3v) is 5.93. The zero-order chi connectivity index (χ0) is 16.9. The van der Waals surface area contributed by atoms with Crippen molar-refractivity contribution in [2.45, 2.75) is 51.3 Å². The SMILES string of the molecule is CC(C)(C)OC(=O)N1CC2(C1)CN(C1CCN(C3COC3)CC1)C2. The van der Waals surface area contributed by atoms with Crippen molar-refractivity contribution in [3.63, 3.8) is 0 Å². The summed E-state index contributed by atoms with van der Waals surface area (Å²) in [6.07, 6.45) is 2.41. The van der Waals surface area contributed by atoms with Crippen molar-refractivity contribution in [2.75, 3.05) is 52.5 Å². The van der Waals surface area contributed by atoms with Crippen LogP contribution in [0.4, 0.5) is 4.79 Å². The van der Waals surface area contributed by atoms with E-state index in [1.807, 2.05) is 25.7 Å². The summed E-state index contributed by atoms with van der Waals surface area (Å²) in [6.45, 7) is 14.1. The first-order valence-electron chi connectivity index (χ1n) is 9.37. The number of hydrogen-bond donors (Lipinski definition) is 0. The molecule has 4 aliphatic heterocycles. The van der Waals surface area contributed by atoms with E-state index in [0.29, 0.717) is 11.5 Å². The van der Waals surface area contributed by atoms with E-state index < -0.39 is 5.60 Å². The van der Waals surface area contributed by atoms with E-state index in [0.717, 1.165) is 45.4 Å². The van der Waals surface area contributed by atoms with Gasteiger partial charge < -0.3 is 14.4 Å². The molecule has 0 aromatic heterocycles. The molecule has 0 aromatic rings. The lowest BCUT2D eigenvalue weighted by Crippen LogP contribution is -2.74. The Kier molecular flexibility index (Phi) is 4.05. The number of ether oxygens (including phenoxy) is 2. The van der Waals surface area contributed by atoms with Gasteiger partial charge in [-0.1, -0.05) is 0 Å². The van der Waals surface area contributed by atoms with Crippen molar-refractivity contribution in [3.05, 3.63) is 0 Å². The van der Waals surface area contributed by atoms with Crippen LogP contribution in [0.15, 0.2) is 0 Å². The second-order valence-electron chi connectivity index (χ2n) is 9.20. The highest BCUT2D eigenvalue weighted by molar-refractivity contribution is 5.69. The van der Waals surface area contributed by atoms with Gasteiger partial charge in [-0.2, -0.15) is 0 Å². The molecule has 0 atom stereocenters. The van der Waals surface area contributed by atoms with Crippen LogP contribution in [0.25, 0.3) is 0 Å². The van der Waals surface area contributed by atoms with Gasteiger partial charge in [-0.25, -0.2) is 4.79 Å². The maximum absolute atomic E-state index is 12.1. The van der Waals surface area contributed by atoms with Gasteiger partial charge in [0.1, 0.15) is 5.60 Å². The van der Waals surface area contributed by atoms with Gasteiger partial charge in [-0.15, -0.1) is 0 Å². The van der Waals surface area contributed by atoms with E-state index in [9.17, 15) is 4.79 Å². The van der Waals surface area contributed by atoms with Crippen molar-refractivity contribution < 1.29 is 14.3 Å². The number of hydrogen-bond acceptors (Lipinski definition) is 5. The standard InChI is InChI=1S/C18H31N3O3/c1-17(2,3)24-16(22)21-12-18(13-21)10-20(11-18)14-4-6-19(7-5-14)15-8-23-9-15/h14-15H,4-13H2,1-3H3. The predicted octanol–water partition coefficient (Wildman–Crippen LogP) is 1.40. The second-order valence-corrected chi connectivity index (χ2v) is 9.20. The normalized spacial score (nSPS) is 29.0. The number of carbonyl (C=O) groups is 1. The second kappa shape index (κ2) is 5.85. The van der Waals surface area contributed by atoms with Gasteiger partial charge in [0, 0.05) is 50.7 Å². The molecule has 24 heavy (non-hydrogen) atoms. The van der Waals surface area contributed by atoms with Crippen LogP contribution in [-0.2, 0) is 9.47 Å². The molecule has 0 aliphatic carbocycles. The van der Waals surface area contributed by atoms with E-state index >= 15 is 0 Å². The smallest absolute Gasteiger partial charge is 0.410 e. The van der Waals surface area contributed by atoms with Crippen LogP contribution in [0.2, 0.25) is 0 Å². The number of carbonyl (C=O) groups excluding carboxylic acids is 1. The van der Waals surface area contributed by atoms with E-state index in [-0.39, 0.29) is 6.09 Å². The molecular formula is C18H31N3O3. The van der Waals surface area contributed by atoms with Crippen molar-refractivity contribution in [1.29, 1.82) is 0 Å². The summed E-state index contributed by atoms with van der Waals surface area (Å²) in [4.78, 5) is 19.2. The number of amides is 1. The molecule has 1 spiro atoms. The maximum Gasteiger partial charge on any atom is 0.410 e. The average Bonchev–Trinajstić information content (AvgIpc) is 2.33. The highest BCUT2D eigenvalue weighted by atomic mass is 16.6. The van der Waals surface area contributed by atoms with Crippen LogP contribution in [0.3, 0.4) is 0 Å². The largest absolute Gasteiger partial charge is 0.444 e. The molecule has 1 amide bonds. The lowest BCUT2D eigenvalue weighted by Gasteiger charge is -2.62. The van der Waals surface area contributed by atoms with Crippen LogP contribution in [0.1, 0.15) is 33.6 Å². The first-order chi connectivity index (χ1) is 11.3. The van der Waals surface area contributed by atoms with Gasteiger partial charge in [-0.3, -0.25) is 9.80 Å². The molecule has 0 radical (unpaired) electrons. The number of rotatable bonds is 2. The molecule has 136 valence electrons. The van der Waals surface area contributed by atoms with Gasteiger partial charge >= 0.3 is 6.09 Å². The van der Waals surface area contributed by atoms with E-state index in [1.54, 1.807) is 0 Å². The Labute approximate surface area is 145 Å². The summed E-state index contributed by atoms with van der Waals surface area (Å²) >= 11 is 0. The minimum absolute atomic E-state index is 0.150. The molecule has 4 rings (SSSR count). The Balaban J connectivity index is 1.18. The first kappa shape index (κ1) is 16.6. The van der Waals surface area contributed by atoms with Gasteiger partial charge in [0.25, 0.3) is 0 Å². The zero-order valence-corrected chi connectivity index (χ0v) is 15.3. The molecule has 6 nitrogen and oxygen atoms in total. The summed E-state index contributed by atoms with van der Waals surface area (Å²) in [7, 11) is 0. The Morgan fingerprint density at radius 1 is 1.00 bits per heavy atom. The lowest BCUT2D eigenvalue weighted by atomic mass is 9.72. The summed E-state index contributed by atoms with van der Waals surface area (Å²) in [6, 6.07) is 1.42. The molecule has 4 fully saturated rings. The van der Waals surface area contributed by atoms with Crippen LogP contribution >= 0.6 is 0 Å². The number of likely N-dealkylation sites (tertiary alicyclic amines) is 3. The van der Waals surface area contributed by atoms with Crippen molar-refractivity contribution in [1.82, 2.24) is 14.7 Å². The topological polar surface area (TPSA) is 45.2 Å². The summed E-state index contributed by atoms with van der Waals surface area (Å²) in [5, 5.41) is 0. The molecule has 0 bridgehead atoms. The fourth-order valence-electron chi connectivity index (χ4n) is 4.54. The van der Waals surface area contributed by atoms with Crippen LogP contribution < -0.4 is 0 Å². The fourth-order valence-corrected chi connectivity index (χ4v) is 4.54. The number of piperidine rings is 1. The van der Waals surface area contributed by atoms with Gasteiger partial charge in [0.15, 0.2) is 0 Å². The van der Waals surface area contributed by atoms with Crippen LogP contribution in [-0.4, -0.2) is 91.0 Å². The Morgan fingerprint density at radius 3 is 2.12 bits per heavy atom. The van der Waals surface area contributed by atoms with Gasteiger partial charge in [0.2, 0.25) is 0 Å². The van der Waals surface area contributed by atoms with E-state index in [2.05, 4.69) is 9.80 Å². The average molecular weight is 337 g/mol.